The molecule has 0 aliphatic rings. The minimum absolute atomic E-state index is 0.00272. The van der Waals surface area contributed by atoms with Crippen molar-refractivity contribution >= 4 is 6.03 Å². The standard InChI is InChI=1S/C18H30N2O3/c1-12(2)16(10-15-8-6-7-9-17(15)23-5)20-18(22)19-14(4)13(3)11-21/h6-9,12-14,16,21H,10-11H2,1-5H3,(H2,19,20,22). The van der Waals surface area contributed by atoms with Crippen LogP contribution in [-0.4, -0.2) is 36.9 Å². The van der Waals surface area contributed by atoms with Crippen LogP contribution in [0.3, 0.4) is 0 Å². The lowest BCUT2D eigenvalue weighted by atomic mass is 9.96. The van der Waals surface area contributed by atoms with Gasteiger partial charge in [0, 0.05) is 18.7 Å². The van der Waals surface area contributed by atoms with Crippen LogP contribution < -0.4 is 15.4 Å². The van der Waals surface area contributed by atoms with Crippen molar-refractivity contribution in [1.29, 1.82) is 0 Å². The second-order valence-corrected chi connectivity index (χ2v) is 6.43. The molecule has 3 atom stereocenters. The van der Waals surface area contributed by atoms with Gasteiger partial charge in [0.05, 0.1) is 7.11 Å². The number of carbonyl (C=O) groups is 1. The van der Waals surface area contributed by atoms with Crippen molar-refractivity contribution in [3.05, 3.63) is 29.8 Å². The van der Waals surface area contributed by atoms with Crippen LogP contribution in [0, 0.1) is 11.8 Å². The second kappa shape index (κ2) is 9.40. The molecular weight excluding hydrogens is 292 g/mol. The van der Waals surface area contributed by atoms with E-state index in [1.165, 1.54) is 0 Å². The van der Waals surface area contributed by atoms with Crippen molar-refractivity contribution in [2.75, 3.05) is 13.7 Å². The minimum atomic E-state index is -0.202. The normalized spacial score (nSPS) is 14.9. The van der Waals surface area contributed by atoms with Crippen molar-refractivity contribution in [2.45, 2.75) is 46.2 Å². The number of nitrogens with one attached hydrogen (secondary N) is 2. The molecule has 1 aromatic carbocycles. The molecule has 0 saturated carbocycles. The van der Waals surface area contributed by atoms with Gasteiger partial charge in [0.25, 0.3) is 0 Å². The summed E-state index contributed by atoms with van der Waals surface area (Å²) in [5.41, 5.74) is 1.07. The molecule has 0 spiro atoms. The number of para-hydroxylation sites is 1. The summed E-state index contributed by atoms with van der Waals surface area (Å²) in [5.74, 6) is 1.14. The number of urea groups is 1. The highest BCUT2D eigenvalue weighted by molar-refractivity contribution is 5.74. The number of aliphatic hydroxyl groups excluding tert-OH is 1. The Kier molecular flexibility index (Phi) is 7.89. The Bertz CT molecular complexity index is 491. The molecule has 3 N–H and O–H groups in total. The molecule has 130 valence electrons. The van der Waals surface area contributed by atoms with Crippen LogP contribution in [0.1, 0.15) is 33.3 Å². The third-order valence-electron chi connectivity index (χ3n) is 4.25. The van der Waals surface area contributed by atoms with E-state index in [2.05, 4.69) is 24.5 Å². The zero-order chi connectivity index (χ0) is 17.4. The number of amides is 2. The maximum Gasteiger partial charge on any atom is 0.315 e. The third kappa shape index (κ3) is 6.10. The topological polar surface area (TPSA) is 70.6 Å². The number of rotatable bonds is 8. The highest BCUT2D eigenvalue weighted by Gasteiger charge is 2.20. The summed E-state index contributed by atoms with van der Waals surface area (Å²) >= 11 is 0. The van der Waals surface area contributed by atoms with Crippen LogP contribution in [0.5, 0.6) is 5.75 Å². The van der Waals surface area contributed by atoms with E-state index in [0.29, 0.717) is 6.42 Å². The van der Waals surface area contributed by atoms with E-state index in [0.717, 1.165) is 11.3 Å². The average molecular weight is 322 g/mol. The lowest BCUT2D eigenvalue weighted by Gasteiger charge is -2.26. The van der Waals surface area contributed by atoms with Crippen LogP contribution in [0.4, 0.5) is 4.79 Å². The fourth-order valence-corrected chi connectivity index (χ4v) is 2.28. The van der Waals surface area contributed by atoms with Gasteiger partial charge in [-0.05, 0) is 36.8 Å². The quantitative estimate of drug-likeness (QED) is 0.689. The molecule has 3 unspecified atom stereocenters. The highest BCUT2D eigenvalue weighted by Crippen LogP contribution is 2.21. The number of ether oxygens (including phenoxy) is 1. The van der Waals surface area contributed by atoms with Gasteiger partial charge in [0.2, 0.25) is 0 Å². The van der Waals surface area contributed by atoms with Gasteiger partial charge in [-0.25, -0.2) is 4.79 Å². The summed E-state index contributed by atoms with van der Waals surface area (Å²) in [7, 11) is 1.65. The van der Waals surface area contributed by atoms with E-state index >= 15 is 0 Å². The van der Waals surface area contributed by atoms with Gasteiger partial charge in [-0.3, -0.25) is 0 Å². The summed E-state index contributed by atoms with van der Waals surface area (Å²) in [6.45, 7) is 8.02. The van der Waals surface area contributed by atoms with Crippen LogP contribution in [0.2, 0.25) is 0 Å². The molecule has 1 aromatic rings. The summed E-state index contributed by atoms with van der Waals surface area (Å²) in [6.07, 6.45) is 0.707. The molecule has 0 heterocycles. The van der Waals surface area contributed by atoms with E-state index < -0.39 is 0 Å². The predicted molar refractivity (Wildman–Crippen MR) is 92.7 cm³/mol. The number of aliphatic hydroxyl groups is 1. The minimum Gasteiger partial charge on any atom is -0.496 e. The number of carbonyl (C=O) groups excluding carboxylic acids is 1. The van der Waals surface area contributed by atoms with Gasteiger partial charge in [0.1, 0.15) is 5.75 Å². The van der Waals surface area contributed by atoms with Gasteiger partial charge < -0.3 is 20.5 Å². The molecule has 0 aromatic heterocycles. The molecule has 5 heteroatoms. The largest absolute Gasteiger partial charge is 0.496 e. The van der Waals surface area contributed by atoms with Crippen molar-refractivity contribution < 1.29 is 14.6 Å². The van der Waals surface area contributed by atoms with Crippen molar-refractivity contribution in [3.8, 4) is 5.75 Å². The molecule has 0 aliphatic heterocycles. The van der Waals surface area contributed by atoms with E-state index in [9.17, 15) is 4.79 Å². The third-order valence-corrected chi connectivity index (χ3v) is 4.25. The van der Waals surface area contributed by atoms with Crippen LogP contribution in [0.15, 0.2) is 24.3 Å². The van der Waals surface area contributed by atoms with Crippen LogP contribution in [-0.2, 0) is 6.42 Å². The molecule has 1 rings (SSSR count). The Labute approximate surface area is 139 Å². The lowest BCUT2D eigenvalue weighted by Crippen LogP contribution is -2.49. The molecule has 0 saturated heterocycles. The average Bonchev–Trinajstić information content (AvgIpc) is 2.53. The Hall–Kier alpha value is -1.75. The fourth-order valence-electron chi connectivity index (χ4n) is 2.28. The maximum absolute atomic E-state index is 12.2. The zero-order valence-electron chi connectivity index (χ0n) is 14.8. The number of methoxy groups -OCH3 is 1. The number of hydrogen-bond donors (Lipinski definition) is 3. The molecule has 0 fully saturated rings. The van der Waals surface area contributed by atoms with Gasteiger partial charge in [0.15, 0.2) is 0 Å². The Morgan fingerprint density at radius 2 is 1.83 bits per heavy atom. The molecule has 23 heavy (non-hydrogen) atoms. The molecule has 0 radical (unpaired) electrons. The lowest BCUT2D eigenvalue weighted by molar-refractivity contribution is 0.197. The molecule has 0 bridgehead atoms. The van der Waals surface area contributed by atoms with E-state index in [4.69, 9.17) is 9.84 Å². The first kappa shape index (κ1) is 19.3. The fraction of sp³-hybridized carbons (Fsp3) is 0.611. The van der Waals surface area contributed by atoms with E-state index in [1.807, 2.05) is 38.1 Å². The monoisotopic (exact) mass is 322 g/mol. The van der Waals surface area contributed by atoms with Gasteiger partial charge in [-0.1, -0.05) is 39.0 Å². The maximum atomic E-state index is 12.2. The summed E-state index contributed by atoms with van der Waals surface area (Å²) < 4.78 is 5.39. The van der Waals surface area contributed by atoms with Crippen molar-refractivity contribution in [1.82, 2.24) is 10.6 Å². The van der Waals surface area contributed by atoms with Gasteiger partial charge in [-0.15, -0.1) is 0 Å². The van der Waals surface area contributed by atoms with Crippen LogP contribution >= 0.6 is 0 Å². The molecule has 2 amide bonds. The summed E-state index contributed by atoms with van der Waals surface area (Å²) in [6, 6.07) is 7.57. The van der Waals surface area contributed by atoms with E-state index in [-0.39, 0.29) is 36.6 Å². The first-order valence-corrected chi connectivity index (χ1v) is 8.18. The highest BCUT2D eigenvalue weighted by atomic mass is 16.5. The van der Waals surface area contributed by atoms with Crippen molar-refractivity contribution in [2.24, 2.45) is 11.8 Å². The first-order chi connectivity index (χ1) is 10.9. The number of hydrogen-bond acceptors (Lipinski definition) is 3. The van der Waals surface area contributed by atoms with Gasteiger partial charge >= 0.3 is 6.03 Å². The predicted octanol–water partition coefficient (Wildman–Crippen LogP) is 2.58. The Morgan fingerprint density at radius 1 is 1.17 bits per heavy atom. The van der Waals surface area contributed by atoms with Crippen molar-refractivity contribution in [3.63, 3.8) is 0 Å². The van der Waals surface area contributed by atoms with Gasteiger partial charge in [-0.2, -0.15) is 0 Å². The summed E-state index contributed by atoms with van der Waals surface area (Å²) in [4.78, 5) is 12.2. The summed E-state index contributed by atoms with van der Waals surface area (Å²) in [5, 5.41) is 15.1. The first-order valence-electron chi connectivity index (χ1n) is 8.18. The number of benzene rings is 1. The van der Waals surface area contributed by atoms with E-state index in [1.54, 1.807) is 7.11 Å². The molecule has 5 nitrogen and oxygen atoms in total. The van der Waals surface area contributed by atoms with Crippen LogP contribution in [0.25, 0.3) is 0 Å². The Morgan fingerprint density at radius 3 is 2.39 bits per heavy atom. The molecule has 0 aliphatic carbocycles. The molecular formula is C18H30N2O3. The zero-order valence-corrected chi connectivity index (χ0v) is 14.8. The Balaban J connectivity index is 2.70. The smallest absolute Gasteiger partial charge is 0.315 e. The second-order valence-electron chi connectivity index (χ2n) is 6.43. The SMILES string of the molecule is COc1ccccc1CC(NC(=O)NC(C)C(C)CO)C(C)C.